The summed E-state index contributed by atoms with van der Waals surface area (Å²) in [5.74, 6) is -0.134. The number of aromatic nitrogens is 2. The highest BCUT2D eigenvalue weighted by molar-refractivity contribution is 9.10. The number of hydrogen-bond acceptors (Lipinski definition) is 3. The largest absolute Gasteiger partial charge is 0.370 e. The molecule has 28 heavy (non-hydrogen) atoms. The van der Waals surface area contributed by atoms with Crippen molar-refractivity contribution in [2.45, 2.75) is 26.2 Å². The minimum atomic E-state index is -0.134. The zero-order valence-electron chi connectivity index (χ0n) is 15.9. The summed E-state index contributed by atoms with van der Waals surface area (Å²) in [7, 11) is 0. The van der Waals surface area contributed by atoms with Crippen LogP contribution in [0.2, 0.25) is 0 Å². The number of anilines is 2. The number of carbonyl (C=O) groups is 1. The summed E-state index contributed by atoms with van der Waals surface area (Å²) in [6, 6.07) is 15.9. The lowest BCUT2D eigenvalue weighted by Crippen LogP contribution is -2.30. The Morgan fingerprint density at radius 1 is 1.04 bits per heavy atom. The molecule has 1 aromatic heterocycles. The van der Waals surface area contributed by atoms with Crippen LogP contribution in [0, 0.1) is 6.92 Å². The Kier molecular flexibility index (Phi) is 5.48. The lowest BCUT2D eigenvalue weighted by atomic mass is 10.1. The zero-order chi connectivity index (χ0) is 19.5. The Hall–Kier alpha value is -2.60. The molecular weight excluding hydrogens is 416 g/mol. The lowest BCUT2D eigenvalue weighted by molar-refractivity contribution is 0.102. The Morgan fingerprint density at radius 2 is 1.75 bits per heavy atom. The first-order chi connectivity index (χ1) is 13.6. The van der Waals surface area contributed by atoms with Gasteiger partial charge in [-0.15, -0.1) is 0 Å². The number of nitrogens with zero attached hydrogens (tertiary/aromatic N) is 3. The topological polar surface area (TPSA) is 50.2 Å². The van der Waals surface area contributed by atoms with Crippen LogP contribution in [0.15, 0.2) is 59.2 Å². The van der Waals surface area contributed by atoms with E-state index in [4.69, 9.17) is 0 Å². The van der Waals surface area contributed by atoms with Crippen molar-refractivity contribution in [1.29, 1.82) is 0 Å². The third-order valence-electron chi connectivity index (χ3n) is 5.17. The first-order valence-corrected chi connectivity index (χ1v) is 10.4. The molecule has 1 aliphatic rings. The molecule has 0 atom stereocenters. The maximum Gasteiger partial charge on any atom is 0.259 e. The van der Waals surface area contributed by atoms with Crippen molar-refractivity contribution in [3.05, 3.63) is 70.5 Å². The van der Waals surface area contributed by atoms with Crippen molar-refractivity contribution in [1.82, 2.24) is 9.78 Å². The van der Waals surface area contributed by atoms with Gasteiger partial charge in [0.05, 0.1) is 34.5 Å². The minimum Gasteiger partial charge on any atom is -0.370 e. The first kappa shape index (κ1) is 18.7. The van der Waals surface area contributed by atoms with E-state index in [1.807, 2.05) is 49.4 Å². The van der Waals surface area contributed by atoms with Gasteiger partial charge < -0.3 is 10.2 Å². The highest BCUT2D eigenvalue weighted by Gasteiger charge is 2.19. The highest BCUT2D eigenvalue weighted by atomic mass is 79.9. The van der Waals surface area contributed by atoms with Crippen LogP contribution in [-0.2, 0) is 0 Å². The van der Waals surface area contributed by atoms with Gasteiger partial charge in [-0.3, -0.25) is 4.79 Å². The maximum atomic E-state index is 13.0. The minimum absolute atomic E-state index is 0.134. The number of rotatable bonds is 4. The number of para-hydroxylation sites is 2. The van der Waals surface area contributed by atoms with E-state index < -0.39 is 0 Å². The summed E-state index contributed by atoms with van der Waals surface area (Å²) >= 11 is 3.44. The molecule has 0 unspecified atom stereocenters. The molecule has 1 saturated heterocycles. The van der Waals surface area contributed by atoms with Crippen LogP contribution in [0.5, 0.6) is 0 Å². The quantitative estimate of drug-likeness (QED) is 0.609. The highest BCUT2D eigenvalue weighted by Crippen LogP contribution is 2.29. The van der Waals surface area contributed by atoms with Crippen LogP contribution in [-0.4, -0.2) is 28.8 Å². The average Bonchev–Trinajstić information content (AvgIpc) is 3.11. The summed E-state index contributed by atoms with van der Waals surface area (Å²) in [6.07, 6.45) is 5.30. The Labute approximate surface area is 173 Å². The molecule has 1 aliphatic heterocycles. The zero-order valence-corrected chi connectivity index (χ0v) is 17.4. The molecule has 6 heteroatoms. The summed E-state index contributed by atoms with van der Waals surface area (Å²) < 4.78 is 2.80. The fourth-order valence-electron chi connectivity index (χ4n) is 3.65. The van der Waals surface area contributed by atoms with Gasteiger partial charge in [0.25, 0.3) is 5.91 Å². The van der Waals surface area contributed by atoms with Crippen molar-refractivity contribution in [2.75, 3.05) is 23.3 Å². The van der Waals surface area contributed by atoms with E-state index in [2.05, 4.69) is 37.3 Å². The molecule has 0 radical (unpaired) electrons. The fourth-order valence-corrected chi connectivity index (χ4v) is 3.92. The normalized spacial score (nSPS) is 14.1. The molecule has 0 saturated carbocycles. The van der Waals surface area contributed by atoms with Gasteiger partial charge >= 0.3 is 0 Å². The number of benzene rings is 2. The van der Waals surface area contributed by atoms with Gasteiger partial charge in [-0.2, -0.15) is 5.10 Å². The van der Waals surface area contributed by atoms with Crippen LogP contribution in [0.1, 0.15) is 35.3 Å². The number of hydrogen-bond donors (Lipinski definition) is 1. The van der Waals surface area contributed by atoms with Crippen LogP contribution < -0.4 is 10.2 Å². The average molecular weight is 439 g/mol. The van der Waals surface area contributed by atoms with Crippen LogP contribution in [0.4, 0.5) is 11.4 Å². The molecule has 0 spiro atoms. The molecule has 1 amide bonds. The summed E-state index contributed by atoms with van der Waals surface area (Å²) in [6.45, 7) is 3.99. The maximum absolute atomic E-state index is 13.0. The van der Waals surface area contributed by atoms with Gasteiger partial charge in [-0.1, -0.05) is 28.1 Å². The molecule has 5 nitrogen and oxygen atoms in total. The van der Waals surface area contributed by atoms with Crippen molar-refractivity contribution in [3.63, 3.8) is 0 Å². The van der Waals surface area contributed by atoms with Crippen molar-refractivity contribution >= 4 is 33.2 Å². The van der Waals surface area contributed by atoms with Gasteiger partial charge in [0.1, 0.15) is 0 Å². The SMILES string of the molecule is Cc1c(C(=O)Nc2ccccc2N2CCCCC2)cnn1-c1ccc(Br)cc1. The second kappa shape index (κ2) is 8.19. The molecule has 2 heterocycles. The molecular formula is C22H23BrN4O. The molecule has 3 aromatic rings. The lowest BCUT2D eigenvalue weighted by Gasteiger charge is -2.30. The first-order valence-electron chi connectivity index (χ1n) is 9.59. The smallest absolute Gasteiger partial charge is 0.259 e. The summed E-state index contributed by atoms with van der Waals surface area (Å²) in [4.78, 5) is 15.3. The van der Waals surface area contributed by atoms with Gasteiger partial charge in [0.2, 0.25) is 0 Å². The van der Waals surface area contributed by atoms with E-state index in [9.17, 15) is 4.79 Å². The summed E-state index contributed by atoms with van der Waals surface area (Å²) in [5, 5.41) is 7.52. The predicted octanol–water partition coefficient (Wildman–Crippen LogP) is 5.19. The number of amides is 1. The Morgan fingerprint density at radius 3 is 2.50 bits per heavy atom. The van der Waals surface area contributed by atoms with Gasteiger partial charge in [0.15, 0.2) is 0 Å². The molecule has 144 valence electrons. The van der Waals surface area contributed by atoms with Gasteiger partial charge in [-0.05, 0) is 62.6 Å². The number of carbonyl (C=O) groups excluding carboxylic acids is 1. The Bertz CT molecular complexity index is 974. The molecule has 1 N–H and O–H groups in total. The molecule has 4 rings (SSSR count). The number of halogens is 1. The molecule has 0 bridgehead atoms. The second-order valence-electron chi connectivity index (χ2n) is 7.05. The fraction of sp³-hybridized carbons (Fsp3) is 0.273. The monoisotopic (exact) mass is 438 g/mol. The van der Waals surface area contributed by atoms with Gasteiger partial charge in [-0.25, -0.2) is 4.68 Å². The van der Waals surface area contributed by atoms with Crippen LogP contribution >= 0.6 is 15.9 Å². The second-order valence-corrected chi connectivity index (χ2v) is 7.97. The van der Waals surface area contributed by atoms with Gasteiger partial charge in [0, 0.05) is 17.6 Å². The van der Waals surface area contributed by atoms with Crippen LogP contribution in [0.25, 0.3) is 5.69 Å². The van der Waals surface area contributed by atoms with Crippen molar-refractivity contribution in [3.8, 4) is 5.69 Å². The van der Waals surface area contributed by atoms with E-state index in [-0.39, 0.29) is 5.91 Å². The molecule has 1 fully saturated rings. The third kappa shape index (κ3) is 3.83. The van der Waals surface area contributed by atoms with Crippen molar-refractivity contribution in [2.24, 2.45) is 0 Å². The number of nitrogens with one attached hydrogen (secondary N) is 1. The van der Waals surface area contributed by atoms with E-state index in [1.54, 1.807) is 10.9 Å². The van der Waals surface area contributed by atoms with E-state index in [1.165, 1.54) is 19.3 Å². The predicted molar refractivity (Wildman–Crippen MR) is 116 cm³/mol. The Balaban J connectivity index is 1.57. The third-order valence-corrected chi connectivity index (χ3v) is 5.70. The van der Waals surface area contributed by atoms with E-state index >= 15 is 0 Å². The summed E-state index contributed by atoms with van der Waals surface area (Å²) in [5.41, 5.74) is 4.26. The van der Waals surface area contributed by atoms with Crippen molar-refractivity contribution < 1.29 is 4.79 Å². The molecule has 2 aromatic carbocycles. The number of piperidine rings is 1. The molecule has 0 aliphatic carbocycles. The van der Waals surface area contributed by atoms with Crippen LogP contribution in [0.3, 0.4) is 0 Å². The van der Waals surface area contributed by atoms with E-state index in [0.717, 1.165) is 40.3 Å². The van der Waals surface area contributed by atoms with E-state index in [0.29, 0.717) is 5.56 Å². The standard InChI is InChI=1S/C22H23BrN4O/c1-16-19(15-24-27(16)18-11-9-17(23)10-12-18)22(28)25-20-7-3-4-8-21(20)26-13-5-2-6-14-26/h3-4,7-12,15H,2,5-6,13-14H2,1H3,(H,25,28).